The third-order valence-electron chi connectivity index (χ3n) is 1.39. The first-order valence-corrected chi connectivity index (χ1v) is 3.81. The molecule has 0 amide bonds. The van der Waals surface area contributed by atoms with Gasteiger partial charge in [0, 0.05) is 28.9 Å². The van der Waals surface area contributed by atoms with Crippen LogP contribution in [0.15, 0.2) is 0 Å². The van der Waals surface area contributed by atoms with Gasteiger partial charge in [0.15, 0.2) is 12.3 Å². The predicted octanol–water partition coefficient (Wildman–Crippen LogP) is 1.10. The Morgan fingerprint density at radius 2 is 1.79 bits per heavy atom. The molecule has 0 rings (SSSR count). The summed E-state index contributed by atoms with van der Waals surface area (Å²) in [5.74, 6) is -1.99. The van der Waals surface area contributed by atoms with Crippen LogP contribution >= 0.6 is 0 Å². The Balaban J connectivity index is 0. The number of Topliss-reactive ketones (excluding diaryl/α,β-unsaturated/α-hetero) is 1. The Labute approximate surface area is 94.9 Å². The number of carbonyl (C=O) groups excluding carboxylic acids is 1. The molecule has 0 aliphatic heterocycles. The number of rotatable bonds is 6. The molecule has 0 aromatic carbocycles. The molecule has 0 aromatic heterocycles. The monoisotopic (exact) mass is 382 g/mol. The van der Waals surface area contributed by atoms with Crippen molar-refractivity contribution >= 4 is 5.78 Å². The van der Waals surface area contributed by atoms with Gasteiger partial charge >= 0.3 is 0 Å². The predicted molar refractivity (Wildman–Crippen MR) is 39.3 cm³/mol. The van der Waals surface area contributed by atoms with E-state index in [0.717, 1.165) is 0 Å². The molecule has 0 heterocycles. The summed E-state index contributed by atoms with van der Waals surface area (Å²) in [6.07, 6.45) is -8.39. The number of halogens is 4. The van der Waals surface area contributed by atoms with E-state index in [4.69, 9.17) is 0 Å². The summed E-state index contributed by atoms with van der Waals surface area (Å²) in [5.41, 5.74) is 0. The Hall–Kier alpha value is 0.0903. The van der Waals surface area contributed by atoms with Gasteiger partial charge in [-0.3, -0.25) is 4.79 Å². The minimum atomic E-state index is -3.45. The van der Waals surface area contributed by atoms with Crippen molar-refractivity contribution < 1.29 is 44.7 Å². The van der Waals surface area contributed by atoms with E-state index >= 15 is 0 Å². The van der Waals surface area contributed by atoms with Gasteiger partial charge in [0.05, 0.1) is 0 Å². The summed E-state index contributed by atoms with van der Waals surface area (Å²) in [7, 11) is 0. The number of ketones is 1. The maximum absolute atomic E-state index is 12.6. The molecule has 2 nitrogen and oxygen atoms in total. The fraction of sp³-hybridized carbons (Fsp3) is 0.857. The maximum Gasteiger partial charge on any atom is 0.299 e. The Bertz CT molecular complexity index is 170. The van der Waals surface area contributed by atoms with Crippen LogP contribution in [0, 0.1) is 0 Å². The van der Waals surface area contributed by atoms with Crippen LogP contribution in [-0.2, 0) is 27.2 Å². The molecular weight excluding hydrogens is 371 g/mol. The average Bonchev–Trinajstić information content (AvgIpc) is 2.11. The average molecular weight is 382 g/mol. The molecule has 0 aliphatic rings. The first-order chi connectivity index (χ1) is 6.00. The zero-order chi connectivity index (χ0) is 10.4. The van der Waals surface area contributed by atoms with Crippen LogP contribution in [0.4, 0.5) is 17.6 Å². The molecule has 2 atom stereocenters. The number of hydrogen-bond acceptors (Lipinski definition) is 2. The summed E-state index contributed by atoms with van der Waals surface area (Å²) in [5, 5.41) is 2.41. The number of nitrogens with one attached hydrogen (secondary N) is 1. The first kappa shape index (κ1) is 16.5. The zero-order valence-corrected chi connectivity index (χ0v) is 10.7. The molecule has 0 fully saturated rings. The SMILES string of the molecule is CCNCC(F)C(F)C(=O)C(F)F.[Ta]. The molecule has 83 valence electrons. The smallest absolute Gasteiger partial charge is 0.299 e. The first-order valence-electron chi connectivity index (χ1n) is 3.81. The van der Waals surface area contributed by atoms with Crippen molar-refractivity contribution in [2.75, 3.05) is 13.1 Å². The van der Waals surface area contributed by atoms with E-state index in [1.54, 1.807) is 6.92 Å². The molecule has 0 bridgehead atoms. The van der Waals surface area contributed by atoms with E-state index in [2.05, 4.69) is 5.32 Å². The third kappa shape index (κ3) is 5.74. The van der Waals surface area contributed by atoms with Crippen molar-refractivity contribution in [1.29, 1.82) is 0 Å². The number of carbonyl (C=O) groups is 1. The van der Waals surface area contributed by atoms with Gasteiger partial charge in [-0.15, -0.1) is 0 Å². The van der Waals surface area contributed by atoms with Crippen molar-refractivity contribution in [2.45, 2.75) is 25.7 Å². The van der Waals surface area contributed by atoms with Crippen LogP contribution < -0.4 is 5.32 Å². The van der Waals surface area contributed by atoms with Crippen LogP contribution in [-0.4, -0.2) is 37.6 Å². The molecule has 0 spiro atoms. The van der Waals surface area contributed by atoms with Gasteiger partial charge < -0.3 is 5.32 Å². The Morgan fingerprint density at radius 1 is 1.29 bits per heavy atom. The molecule has 1 N–H and O–H groups in total. The van der Waals surface area contributed by atoms with Gasteiger partial charge in [-0.25, -0.2) is 17.6 Å². The molecule has 0 saturated carbocycles. The van der Waals surface area contributed by atoms with Gasteiger partial charge in [0.25, 0.3) is 6.43 Å². The van der Waals surface area contributed by atoms with E-state index in [1.165, 1.54) is 0 Å². The number of alkyl halides is 4. The van der Waals surface area contributed by atoms with Crippen molar-refractivity contribution in [1.82, 2.24) is 5.32 Å². The summed E-state index contributed by atoms with van der Waals surface area (Å²) < 4.78 is 48.3. The minimum absolute atomic E-state index is 0. The topological polar surface area (TPSA) is 29.1 Å². The number of hydrogen-bond donors (Lipinski definition) is 1. The van der Waals surface area contributed by atoms with Crippen LogP contribution in [0.5, 0.6) is 0 Å². The van der Waals surface area contributed by atoms with Crippen LogP contribution in [0.3, 0.4) is 0 Å². The van der Waals surface area contributed by atoms with Crippen LogP contribution in [0.2, 0.25) is 0 Å². The minimum Gasteiger partial charge on any atom is -0.314 e. The van der Waals surface area contributed by atoms with Gasteiger partial charge in [-0.1, -0.05) is 6.92 Å². The van der Waals surface area contributed by atoms with E-state index in [1.807, 2.05) is 0 Å². The molecule has 1 radical (unpaired) electrons. The normalized spacial score (nSPS) is 14.7. The van der Waals surface area contributed by atoms with Crippen LogP contribution in [0.25, 0.3) is 0 Å². The molecule has 2 unspecified atom stereocenters. The van der Waals surface area contributed by atoms with E-state index in [9.17, 15) is 22.4 Å². The fourth-order valence-corrected chi connectivity index (χ4v) is 0.684. The van der Waals surface area contributed by atoms with Crippen molar-refractivity contribution in [3.63, 3.8) is 0 Å². The summed E-state index contributed by atoms with van der Waals surface area (Å²) in [6, 6.07) is 0. The molecule has 0 aromatic rings. The second-order valence-electron chi connectivity index (χ2n) is 2.43. The molecule has 7 heteroatoms. The zero-order valence-electron chi connectivity index (χ0n) is 7.51. The van der Waals surface area contributed by atoms with Gasteiger partial charge in [-0.2, -0.15) is 0 Å². The van der Waals surface area contributed by atoms with Crippen molar-refractivity contribution in [2.24, 2.45) is 0 Å². The maximum atomic E-state index is 12.6. The van der Waals surface area contributed by atoms with Gasteiger partial charge in [0.1, 0.15) is 0 Å². The van der Waals surface area contributed by atoms with E-state index in [-0.39, 0.29) is 22.4 Å². The van der Waals surface area contributed by atoms with Gasteiger partial charge in [-0.05, 0) is 6.54 Å². The Morgan fingerprint density at radius 3 is 2.14 bits per heavy atom. The third-order valence-corrected chi connectivity index (χ3v) is 1.39. The summed E-state index contributed by atoms with van der Waals surface area (Å²) in [4.78, 5) is 10.3. The van der Waals surface area contributed by atoms with E-state index in [0.29, 0.717) is 6.54 Å². The molecule has 14 heavy (non-hydrogen) atoms. The summed E-state index contributed by atoms with van der Waals surface area (Å²) in [6.45, 7) is 1.60. The summed E-state index contributed by atoms with van der Waals surface area (Å²) >= 11 is 0. The quantitative estimate of drug-likeness (QED) is 0.698. The van der Waals surface area contributed by atoms with Crippen LogP contribution in [0.1, 0.15) is 6.92 Å². The van der Waals surface area contributed by atoms with Crippen molar-refractivity contribution in [3.05, 3.63) is 0 Å². The van der Waals surface area contributed by atoms with E-state index < -0.39 is 31.1 Å². The Kier molecular flexibility index (Phi) is 9.91. The largest absolute Gasteiger partial charge is 0.314 e. The molecule has 0 aliphatic carbocycles. The van der Waals surface area contributed by atoms with Gasteiger partial charge in [0.2, 0.25) is 5.78 Å². The standard InChI is InChI=1S/C7H11F4NO.Ta/c1-2-12-3-4(8)5(9)6(13)7(10)11;/h4-5,7,12H,2-3H2,1H3;. The molecule has 0 saturated heterocycles. The second-order valence-corrected chi connectivity index (χ2v) is 2.43. The molecular formula is C7H11F4NOTa. The van der Waals surface area contributed by atoms with Crippen molar-refractivity contribution in [3.8, 4) is 0 Å². The fourth-order valence-electron chi connectivity index (χ4n) is 0.684. The second kappa shape index (κ2) is 8.40.